The zero-order chi connectivity index (χ0) is 16.4. The molecule has 2 atom stereocenters. The average molecular weight is 353 g/mol. The smallest absolute Gasteiger partial charge is 0.311 e. The van der Waals surface area contributed by atoms with Crippen LogP contribution in [0.1, 0.15) is 31.7 Å². The minimum atomic E-state index is -0.695. The number of anilines is 1. The van der Waals surface area contributed by atoms with E-state index in [0.717, 1.165) is 43.5 Å². The average Bonchev–Trinajstić information content (AvgIpc) is 3.05. The Kier molecular flexibility index (Phi) is 5.88. The lowest BCUT2D eigenvalue weighted by molar-refractivity contribution is -0.149. The first-order valence-corrected chi connectivity index (χ1v) is 8.38. The summed E-state index contributed by atoms with van der Waals surface area (Å²) in [5.41, 5.74) is 1.34. The van der Waals surface area contributed by atoms with Crippen molar-refractivity contribution in [3.05, 3.63) is 29.8 Å². The molecule has 1 aliphatic heterocycles. The lowest BCUT2D eigenvalue weighted by Gasteiger charge is -2.23. The van der Waals surface area contributed by atoms with Gasteiger partial charge in [0.15, 0.2) is 0 Å². The molecule has 2 N–H and O–H groups in total. The van der Waals surface area contributed by atoms with Crippen molar-refractivity contribution in [3.63, 3.8) is 0 Å². The number of fused-ring (bicyclic) bond motifs is 1. The number of likely N-dealkylation sites (tertiary alicyclic amines) is 1. The molecular weight excluding hydrogens is 328 g/mol. The van der Waals surface area contributed by atoms with Gasteiger partial charge < -0.3 is 10.4 Å². The number of para-hydroxylation sites is 1. The summed E-state index contributed by atoms with van der Waals surface area (Å²) in [7, 11) is 0. The SMILES string of the molecule is CCc1ccccc1NC(=O)CN1C[C@@H]2CCC[C@@]2(C(=O)O)C1.Cl. The van der Waals surface area contributed by atoms with Crippen molar-refractivity contribution < 1.29 is 14.7 Å². The fourth-order valence-corrected chi connectivity index (χ4v) is 4.21. The fourth-order valence-electron chi connectivity index (χ4n) is 4.21. The van der Waals surface area contributed by atoms with Crippen molar-refractivity contribution in [1.29, 1.82) is 0 Å². The van der Waals surface area contributed by atoms with Crippen molar-refractivity contribution in [2.45, 2.75) is 32.6 Å². The van der Waals surface area contributed by atoms with Gasteiger partial charge in [-0.3, -0.25) is 14.5 Å². The predicted octanol–water partition coefficient (Wildman–Crippen LogP) is 2.80. The van der Waals surface area contributed by atoms with Crippen LogP contribution in [-0.2, 0) is 16.0 Å². The summed E-state index contributed by atoms with van der Waals surface area (Å²) in [6.45, 7) is 3.54. The predicted molar refractivity (Wildman–Crippen MR) is 95.5 cm³/mol. The van der Waals surface area contributed by atoms with Crippen LogP contribution in [-0.4, -0.2) is 41.5 Å². The Morgan fingerprint density at radius 2 is 2.12 bits per heavy atom. The maximum Gasteiger partial charge on any atom is 0.311 e. The molecule has 0 spiro atoms. The summed E-state index contributed by atoms with van der Waals surface area (Å²) in [5.74, 6) is -0.568. The summed E-state index contributed by atoms with van der Waals surface area (Å²) < 4.78 is 0. The first-order valence-electron chi connectivity index (χ1n) is 8.38. The van der Waals surface area contributed by atoms with Gasteiger partial charge in [0.05, 0.1) is 12.0 Å². The standard InChI is InChI=1S/C18H24N2O3.ClH/c1-2-13-6-3-4-8-15(13)19-16(21)11-20-10-14-7-5-9-18(14,12-20)17(22)23;/h3-4,6,8,14H,2,5,7,9-12H2,1H3,(H,19,21)(H,22,23);1H/t14-,18+;/m0./s1. The number of carbonyl (C=O) groups excluding carboxylic acids is 1. The molecule has 1 amide bonds. The topological polar surface area (TPSA) is 69.6 Å². The van der Waals surface area contributed by atoms with E-state index in [1.807, 2.05) is 29.2 Å². The fraction of sp³-hybridized carbons (Fsp3) is 0.556. The first kappa shape index (κ1) is 18.7. The maximum atomic E-state index is 12.3. The molecule has 6 heteroatoms. The Labute approximate surface area is 148 Å². The summed E-state index contributed by atoms with van der Waals surface area (Å²) in [6, 6.07) is 7.80. The zero-order valence-electron chi connectivity index (χ0n) is 14.0. The highest BCUT2D eigenvalue weighted by atomic mass is 35.5. The Bertz CT molecular complexity index is 622. The minimum Gasteiger partial charge on any atom is -0.481 e. The molecule has 3 rings (SSSR count). The van der Waals surface area contributed by atoms with E-state index < -0.39 is 11.4 Å². The molecule has 1 saturated heterocycles. The molecule has 0 radical (unpaired) electrons. The summed E-state index contributed by atoms with van der Waals surface area (Å²) in [6.07, 6.45) is 3.55. The van der Waals surface area contributed by atoms with E-state index in [1.165, 1.54) is 0 Å². The van der Waals surface area contributed by atoms with Crippen molar-refractivity contribution in [2.24, 2.45) is 11.3 Å². The lowest BCUT2D eigenvalue weighted by atomic mass is 9.81. The molecule has 132 valence electrons. The second-order valence-corrected chi connectivity index (χ2v) is 6.78. The van der Waals surface area contributed by atoms with Gasteiger partial charge in [0.2, 0.25) is 5.91 Å². The Morgan fingerprint density at radius 1 is 1.38 bits per heavy atom. The number of hydrogen-bond acceptors (Lipinski definition) is 3. The summed E-state index contributed by atoms with van der Waals surface area (Å²) in [4.78, 5) is 26.0. The van der Waals surface area contributed by atoms with Crippen molar-refractivity contribution in [2.75, 3.05) is 25.0 Å². The molecule has 1 aromatic carbocycles. The van der Waals surface area contributed by atoms with E-state index in [2.05, 4.69) is 12.2 Å². The summed E-state index contributed by atoms with van der Waals surface area (Å²) in [5, 5.41) is 12.6. The van der Waals surface area contributed by atoms with Crippen LogP contribution in [0.2, 0.25) is 0 Å². The maximum absolute atomic E-state index is 12.3. The van der Waals surface area contributed by atoms with Gasteiger partial charge in [-0.15, -0.1) is 12.4 Å². The quantitative estimate of drug-likeness (QED) is 0.855. The van der Waals surface area contributed by atoms with E-state index >= 15 is 0 Å². The van der Waals surface area contributed by atoms with Crippen molar-refractivity contribution in [3.8, 4) is 0 Å². The lowest BCUT2D eigenvalue weighted by Crippen LogP contribution is -2.37. The van der Waals surface area contributed by atoms with Crippen LogP contribution in [0.4, 0.5) is 5.69 Å². The molecule has 0 unspecified atom stereocenters. The van der Waals surface area contributed by atoms with E-state index in [9.17, 15) is 14.7 Å². The van der Waals surface area contributed by atoms with Gasteiger partial charge in [-0.25, -0.2) is 0 Å². The summed E-state index contributed by atoms with van der Waals surface area (Å²) >= 11 is 0. The van der Waals surface area contributed by atoms with Gasteiger partial charge in [0.25, 0.3) is 0 Å². The highest BCUT2D eigenvalue weighted by Gasteiger charge is 2.54. The third-order valence-electron chi connectivity index (χ3n) is 5.41. The van der Waals surface area contributed by atoms with Crippen LogP contribution in [0.25, 0.3) is 0 Å². The molecular formula is C18H25ClN2O3. The van der Waals surface area contributed by atoms with Gasteiger partial charge in [0, 0.05) is 18.8 Å². The molecule has 1 aromatic rings. The molecule has 0 aromatic heterocycles. The monoisotopic (exact) mass is 352 g/mol. The van der Waals surface area contributed by atoms with Crippen LogP contribution >= 0.6 is 12.4 Å². The van der Waals surface area contributed by atoms with E-state index in [1.54, 1.807) is 0 Å². The largest absolute Gasteiger partial charge is 0.481 e. The Balaban J connectivity index is 0.00000208. The number of carbonyl (C=O) groups is 2. The van der Waals surface area contributed by atoms with Crippen LogP contribution in [0.3, 0.4) is 0 Å². The number of carboxylic acids is 1. The molecule has 2 fully saturated rings. The van der Waals surface area contributed by atoms with E-state index in [-0.39, 0.29) is 30.8 Å². The third kappa shape index (κ3) is 3.42. The highest BCUT2D eigenvalue weighted by Crippen LogP contribution is 2.48. The van der Waals surface area contributed by atoms with Gasteiger partial charge in [-0.2, -0.15) is 0 Å². The number of halogens is 1. The third-order valence-corrected chi connectivity index (χ3v) is 5.41. The highest BCUT2D eigenvalue weighted by molar-refractivity contribution is 5.93. The molecule has 5 nitrogen and oxygen atoms in total. The second kappa shape index (κ2) is 7.53. The van der Waals surface area contributed by atoms with Crippen LogP contribution < -0.4 is 5.32 Å². The number of nitrogens with zero attached hydrogens (tertiary/aromatic N) is 1. The number of aryl methyl sites for hydroxylation is 1. The number of hydrogen-bond donors (Lipinski definition) is 2. The van der Waals surface area contributed by atoms with Crippen LogP contribution in [0.5, 0.6) is 0 Å². The first-order chi connectivity index (χ1) is 11.0. The van der Waals surface area contributed by atoms with Crippen molar-refractivity contribution in [1.82, 2.24) is 4.90 Å². The number of nitrogens with one attached hydrogen (secondary N) is 1. The molecule has 1 aliphatic carbocycles. The number of rotatable bonds is 5. The number of amides is 1. The normalized spacial score (nSPS) is 25.8. The van der Waals surface area contributed by atoms with E-state index in [0.29, 0.717) is 6.54 Å². The molecule has 24 heavy (non-hydrogen) atoms. The van der Waals surface area contributed by atoms with Crippen molar-refractivity contribution >= 4 is 30.0 Å². The van der Waals surface area contributed by atoms with Crippen LogP contribution in [0.15, 0.2) is 24.3 Å². The van der Waals surface area contributed by atoms with Gasteiger partial charge in [0.1, 0.15) is 0 Å². The Morgan fingerprint density at radius 3 is 2.79 bits per heavy atom. The molecule has 0 bridgehead atoms. The molecule has 1 heterocycles. The number of carboxylic acid groups (broad SMARTS) is 1. The van der Waals surface area contributed by atoms with Gasteiger partial charge in [-0.05, 0) is 36.8 Å². The Hall–Kier alpha value is -1.59. The van der Waals surface area contributed by atoms with Crippen LogP contribution in [0, 0.1) is 11.3 Å². The second-order valence-electron chi connectivity index (χ2n) is 6.78. The zero-order valence-corrected chi connectivity index (χ0v) is 14.8. The molecule has 2 aliphatic rings. The van der Waals surface area contributed by atoms with Gasteiger partial charge >= 0.3 is 5.97 Å². The van der Waals surface area contributed by atoms with E-state index in [4.69, 9.17) is 0 Å². The molecule has 1 saturated carbocycles. The number of aliphatic carboxylic acids is 1. The minimum absolute atomic E-state index is 0. The van der Waals surface area contributed by atoms with Gasteiger partial charge in [-0.1, -0.05) is 31.5 Å². The number of benzene rings is 1.